The molecule has 0 atom stereocenters. The molecule has 0 spiro atoms. The number of halogens is 2. The maximum absolute atomic E-state index is 14.1. The van der Waals surface area contributed by atoms with E-state index in [2.05, 4.69) is 9.73 Å². The van der Waals surface area contributed by atoms with E-state index in [0.717, 1.165) is 24.1 Å². The molecule has 120 valence electrons. The fraction of sp³-hybridized carbons (Fsp3) is 0.357. The van der Waals surface area contributed by atoms with Gasteiger partial charge in [0.2, 0.25) is 0 Å². The van der Waals surface area contributed by atoms with Crippen LogP contribution in [-0.2, 0) is 4.74 Å². The number of amides is 2. The van der Waals surface area contributed by atoms with E-state index in [1.807, 2.05) is 0 Å². The predicted octanol–water partition coefficient (Wildman–Crippen LogP) is 4.05. The van der Waals surface area contributed by atoms with E-state index in [4.69, 9.17) is 16.3 Å². The molecule has 0 unspecified atom stereocenters. The molecule has 0 heterocycles. The third-order valence-electron chi connectivity index (χ3n) is 2.52. The Kier molecular flexibility index (Phi) is 6.30. The normalized spacial score (nSPS) is 9.91. The molecule has 0 bridgehead atoms. The standard InChI is InChI=1S/C14H16ClFN2O4/c1-5-18(13(19)17-8(2)3)11-7-12(22-14(20)21-4)9(15)6-10(11)16/h6-7H,5H2,1-4H3. The highest BCUT2D eigenvalue weighted by Gasteiger charge is 2.21. The van der Waals surface area contributed by atoms with E-state index < -0.39 is 18.0 Å². The summed E-state index contributed by atoms with van der Waals surface area (Å²) < 4.78 is 23.2. The van der Waals surface area contributed by atoms with Crippen LogP contribution in [0.1, 0.15) is 20.8 Å². The second-order valence-electron chi connectivity index (χ2n) is 4.38. The van der Waals surface area contributed by atoms with Gasteiger partial charge in [-0.05, 0) is 26.8 Å². The van der Waals surface area contributed by atoms with Gasteiger partial charge in [0.15, 0.2) is 5.75 Å². The van der Waals surface area contributed by atoms with Gasteiger partial charge in [0, 0.05) is 18.3 Å². The van der Waals surface area contributed by atoms with Crippen molar-refractivity contribution in [1.82, 2.24) is 0 Å². The smallest absolute Gasteiger partial charge is 0.437 e. The molecule has 8 heteroatoms. The van der Waals surface area contributed by atoms with Crippen molar-refractivity contribution in [1.29, 1.82) is 0 Å². The molecule has 22 heavy (non-hydrogen) atoms. The van der Waals surface area contributed by atoms with E-state index in [9.17, 15) is 14.0 Å². The van der Waals surface area contributed by atoms with Gasteiger partial charge in [-0.15, -0.1) is 0 Å². The second kappa shape index (κ2) is 7.74. The van der Waals surface area contributed by atoms with Crippen LogP contribution in [-0.4, -0.2) is 31.6 Å². The summed E-state index contributed by atoms with van der Waals surface area (Å²) in [5.74, 6) is -0.852. The van der Waals surface area contributed by atoms with Crippen LogP contribution in [0, 0.1) is 5.82 Å². The van der Waals surface area contributed by atoms with Crippen LogP contribution in [0.4, 0.5) is 19.7 Å². The topological polar surface area (TPSA) is 68.2 Å². The van der Waals surface area contributed by atoms with Crippen LogP contribution in [0.25, 0.3) is 0 Å². The quantitative estimate of drug-likeness (QED) is 0.476. The minimum atomic E-state index is -1.00. The fourth-order valence-corrected chi connectivity index (χ4v) is 1.78. The van der Waals surface area contributed by atoms with E-state index in [1.165, 1.54) is 0 Å². The van der Waals surface area contributed by atoms with Gasteiger partial charge in [-0.25, -0.2) is 19.0 Å². The second-order valence-corrected chi connectivity index (χ2v) is 4.78. The number of anilines is 1. The van der Waals surface area contributed by atoms with E-state index in [-0.39, 0.29) is 23.0 Å². The molecule has 0 N–H and O–H groups in total. The molecule has 0 aliphatic carbocycles. The number of aliphatic imine (C=N–C) groups is 1. The summed E-state index contributed by atoms with van der Waals surface area (Å²) in [6.45, 7) is 5.13. The Morgan fingerprint density at radius 1 is 1.36 bits per heavy atom. The lowest BCUT2D eigenvalue weighted by Gasteiger charge is -2.20. The Morgan fingerprint density at radius 3 is 2.50 bits per heavy atom. The zero-order valence-electron chi connectivity index (χ0n) is 12.6. The van der Waals surface area contributed by atoms with Crippen LogP contribution in [0.5, 0.6) is 5.75 Å². The van der Waals surface area contributed by atoms with Crippen molar-refractivity contribution in [3.63, 3.8) is 0 Å². The summed E-state index contributed by atoms with van der Waals surface area (Å²) in [5, 5.41) is -0.120. The van der Waals surface area contributed by atoms with Crippen LogP contribution >= 0.6 is 11.6 Å². The zero-order chi connectivity index (χ0) is 16.9. The summed E-state index contributed by atoms with van der Waals surface area (Å²) in [6, 6.07) is 1.47. The summed E-state index contributed by atoms with van der Waals surface area (Å²) in [4.78, 5) is 28.0. The summed E-state index contributed by atoms with van der Waals surface area (Å²) in [5.41, 5.74) is 0.435. The highest BCUT2D eigenvalue weighted by Crippen LogP contribution is 2.33. The van der Waals surface area contributed by atoms with Crippen molar-refractivity contribution in [2.24, 2.45) is 4.99 Å². The van der Waals surface area contributed by atoms with Gasteiger partial charge in [0.05, 0.1) is 17.8 Å². The molecule has 0 saturated heterocycles. The van der Waals surface area contributed by atoms with Crippen LogP contribution in [0.3, 0.4) is 0 Å². The number of carbonyl (C=O) groups is 2. The lowest BCUT2D eigenvalue weighted by molar-refractivity contribution is 0.121. The average Bonchev–Trinajstić information content (AvgIpc) is 2.43. The molecular weight excluding hydrogens is 315 g/mol. The monoisotopic (exact) mass is 330 g/mol. The highest BCUT2D eigenvalue weighted by molar-refractivity contribution is 6.32. The van der Waals surface area contributed by atoms with Crippen LogP contribution in [0.15, 0.2) is 17.1 Å². The molecule has 6 nitrogen and oxygen atoms in total. The van der Waals surface area contributed by atoms with E-state index in [1.54, 1.807) is 20.8 Å². The fourth-order valence-electron chi connectivity index (χ4n) is 1.60. The molecule has 1 aromatic carbocycles. The van der Waals surface area contributed by atoms with Gasteiger partial charge in [0.25, 0.3) is 0 Å². The van der Waals surface area contributed by atoms with Gasteiger partial charge in [-0.1, -0.05) is 11.6 Å². The minimum Gasteiger partial charge on any atom is -0.437 e. The number of hydrogen-bond acceptors (Lipinski definition) is 4. The first-order valence-electron chi connectivity index (χ1n) is 6.38. The lowest BCUT2D eigenvalue weighted by Crippen LogP contribution is -2.29. The number of carbonyl (C=O) groups excluding carboxylic acids is 2. The number of urea groups is 1. The third kappa shape index (κ3) is 4.42. The number of methoxy groups -OCH3 is 1. The molecule has 2 amide bonds. The maximum Gasteiger partial charge on any atom is 0.513 e. The summed E-state index contributed by atoms with van der Waals surface area (Å²) in [7, 11) is 1.13. The first kappa shape index (κ1) is 17.9. The average molecular weight is 331 g/mol. The lowest BCUT2D eigenvalue weighted by atomic mass is 10.2. The molecule has 0 radical (unpaired) electrons. The number of ether oxygens (including phenoxy) is 2. The number of hydrogen-bond donors (Lipinski definition) is 0. The summed E-state index contributed by atoms with van der Waals surface area (Å²) >= 11 is 5.81. The Hall–Kier alpha value is -2.15. The van der Waals surface area contributed by atoms with Gasteiger partial charge >= 0.3 is 12.2 Å². The molecule has 1 aromatic rings. The number of rotatable bonds is 3. The Morgan fingerprint density at radius 2 is 2.00 bits per heavy atom. The van der Waals surface area contributed by atoms with Gasteiger partial charge in [0.1, 0.15) is 5.82 Å². The summed E-state index contributed by atoms with van der Waals surface area (Å²) in [6.07, 6.45) is -1.00. The largest absolute Gasteiger partial charge is 0.513 e. The SMILES string of the molecule is CCN(C(=O)N=C(C)C)c1cc(OC(=O)OC)c(Cl)cc1F. The Balaban J connectivity index is 3.26. The molecule has 0 fully saturated rings. The predicted molar refractivity (Wildman–Crippen MR) is 81.6 cm³/mol. The molecule has 0 saturated carbocycles. The van der Waals surface area contributed by atoms with Crippen molar-refractivity contribution in [3.05, 3.63) is 23.0 Å². The van der Waals surface area contributed by atoms with E-state index >= 15 is 0 Å². The highest BCUT2D eigenvalue weighted by atomic mass is 35.5. The molecule has 1 rings (SSSR count). The van der Waals surface area contributed by atoms with Crippen molar-refractivity contribution in [2.45, 2.75) is 20.8 Å². The maximum atomic E-state index is 14.1. The minimum absolute atomic E-state index is 0.0965. The van der Waals surface area contributed by atoms with E-state index in [0.29, 0.717) is 5.71 Å². The van der Waals surface area contributed by atoms with Crippen molar-refractivity contribution >= 4 is 35.2 Å². The number of nitrogens with zero attached hydrogens (tertiary/aromatic N) is 2. The van der Waals surface area contributed by atoms with Crippen molar-refractivity contribution < 1.29 is 23.5 Å². The first-order chi connectivity index (χ1) is 10.3. The third-order valence-corrected chi connectivity index (χ3v) is 2.81. The van der Waals surface area contributed by atoms with Crippen molar-refractivity contribution in [2.75, 3.05) is 18.6 Å². The molecule has 0 aliphatic rings. The molecule has 0 aliphatic heterocycles. The zero-order valence-corrected chi connectivity index (χ0v) is 13.4. The van der Waals surface area contributed by atoms with Crippen LogP contribution < -0.4 is 9.64 Å². The molecular formula is C14H16ClFN2O4. The number of benzene rings is 1. The van der Waals surface area contributed by atoms with Gasteiger partial charge in [-0.2, -0.15) is 0 Å². The molecule has 0 aromatic heterocycles. The van der Waals surface area contributed by atoms with Gasteiger partial charge in [-0.3, -0.25) is 4.90 Å². The Bertz CT molecular complexity index is 615. The Labute approximate surface area is 132 Å². The van der Waals surface area contributed by atoms with Gasteiger partial charge < -0.3 is 9.47 Å². The van der Waals surface area contributed by atoms with Crippen molar-refractivity contribution in [3.8, 4) is 5.75 Å². The van der Waals surface area contributed by atoms with Crippen LogP contribution in [0.2, 0.25) is 5.02 Å². The first-order valence-corrected chi connectivity index (χ1v) is 6.76.